The molecule has 0 aromatic heterocycles. The van der Waals surface area contributed by atoms with Crippen LogP contribution in [0, 0.1) is 0 Å². The molecule has 0 bridgehead atoms. The maximum Gasteiger partial charge on any atom is 0.234 e. The number of anilines is 1. The zero-order valence-electron chi connectivity index (χ0n) is 17.7. The molecule has 8 heteroatoms. The van der Waals surface area contributed by atoms with Crippen molar-refractivity contribution in [3.05, 3.63) is 24.3 Å². The first kappa shape index (κ1) is 22.6. The van der Waals surface area contributed by atoms with Crippen LogP contribution in [0.4, 0.5) is 5.69 Å². The van der Waals surface area contributed by atoms with Crippen molar-refractivity contribution >= 4 is 35.2 Å². The van der Waals surface area contributed by atoms with Gasteiger partial charge in [-0.25, -0.2) is 0 Å². The molecule has 0 aliphatic carbocycles. The molecule has 30 heavy (non-hydrogen) atoms. The van der Waals surface area contributed by atoms with Gasteiger partial charge >= 0.3 is 0 Å². The van der Waals surface area contributed by atoms with E-state index in [2.05, 4.69) is 15.5 Å². The number of piperidine rings is 1. The molecule has 3 rings (SSSR count). The van der Waals surface area contributed by atoms with Gasteiger partial charge in [-0.15, -0.1) is 11.8 Å². The van der Waals surface area contributed by atoms with Crippen LogP contribution in [0.25, 0.3) is 0 Å². The van der Waals surface area contributed by atoms with E-state index in [0.29, 0.717) is 19.6 Å². The number of rotatable bonds is 8. The highest BCUT2D eigenvalue weighted by atomic mass is 32.2. The van der Waals surface area contributed by atoms with E-state index in [1.54, 1.807) is 16.7 Å². The minimum absolute atomic E-state index is 0.00538. The fourth-order valence-corrected chi connectivity index (χ4v) is 4.84. The maximum absolute atomic E-state index is 12.7. The van der Waals surface area contributed by atoms with Gasteiger partial charge in [0.25, 0.3) is 0 Å². The van der Waals surface area contributed by atoms with Crippen LogP contribution in [0.2, 0.25) is 0 Å². The summed E-state index contributed by atoms with van der Waals surface area (Å²) in [6.45, 7) is 5.45. The molecule has 3 amide bonds. The molecular formula is C22H32N4O3S. The summed E-state index contributed by atoms with van der Waals surface area (Å²) in [5, 5.41) is 5.96. The Hall–Kier alpha value is -2.06. The molecule has 0 atom stereocenters. The second-order valence-electron chi connectivity index (χ2n) is 7.83. The number of hydrogen-bond acceptors (Lipinski definition) is 5. The van der Waals surface area contributed by atoms with Gasteiger partial charge in [0.15, 0.2) is 0 Å². The fourth-order valence-electron chi connectivity index (χ4n) is 3.84. The lowest BCUT2D eigenvalue weighted by Crippen LogP contribution is -2.47. The number of thioether (sulfide) groups is 1. The molecule has 2 N–H and O–H groups in total. The van der Waals surface area contributed by atoms with Crippen LogP contribution in [0.1, 0.15) is 39.0 Å². The van der Waals surface area contributed by atoms with Crippen molar-refractivity contribution in [2.45, 2.75) is 50.0 Å². The number of hydrogen-bond donors (Lipinski definition) is 2. The van der Waals surface area contributed by atoms with Crippen LogP contribution in [0.15, 0.2) is 29.2 Å². The Morgan fingerprint density at radius 2 is 1.83 bits per heavy atom. The summed E-state index contributed by atoms with van der Waals surface area (Å²) in [7, 11) is 0. The molecular weight excluding hydrogens is 400 g/mol. The summed E-state index contributed by atoms with van der Waals surface area (Å²) < 4.78 is 0. The van der Waals surface area contributed by atoms with E-state index in [1.165, 1.54) is 0 Å². The maximum atomic E-state index is 12.7. The molecule has 1 aromatic rings. The number of nitrogens with one attached hydrogen (secondary N) is 2. The van der Waals surface area contributed by atoms with Crippen LogP contribution in [0.3, 0.4) is 0 Å². The Bertz CT molecular complexity index is 750. The van der Waals surface area contributed by atoms with Crippen molar-refractivity contribution in [1.29, 1.82) is 0 Å². The van der Waals surface area contributed by atoms with E-state index in [4.69, 9.17) is 0 Å². The Morgan fingerprint density at radius 1 is 1.07 bits per heavy atom. The minimum Gasteiger partial charge on any atom is -0.355 e. The first-order chi connectivity index (χ1) is 14.6. The molecule has 1 saturated heterocycles. The number of carbonyl (C=O) groups excluding carboxylic acids is 3. The average Bonchev–Trinajstić information content (AvgIpc) is 2.77. The molecule has 2 heterocycles. The van der Waals surface area contributed by atoms with E-state index in [1.807, 2.05) is 31.2 Å². The lowest BCUT2D eigenvalue weighted by molar-refractivity contribution is -0.126. The fraction of sp³-hybridized carbons (Fsp3) is 0.591. The van der Waals surface area contributed by atoms with Gasteiger partial charge in [0, 0.05) is 55.7 Å². The highest BCUT2D eigenvalue weighted by molar-refractivity contribution is 7.99. The number of amides is 3. The van der Waals surface area contributed by atoms with E-state index in [-0.39, 0.29) is 36.6 Å². The van der Waals surface area contributed by atoms with E-state index in [0.717, 1.165) is 48.7 Å². The topological polar surface area (TPSA) is 81.8 Å². The third-order valence-corrected chi connectivity index (χ3v) is 6.53. The van der Waals surface area contributed by atoms with Crippen LogP contribution in [-0.2, 0) is 14.4 Å². The van der Waals surface area contributed by atoms with Crippen LogP contribution >= 0.6 is 11.8 Å². The lowest BCUT2D eigenvalue weighted by atomic mass is 10.0. The lowest BCUT2D eigenvalue weighted by Gasteiger charge is -2.32. The predicted molar refractivity (Wildman–Crippen MR) is 120 cm³/mol. The summed E-state index contributed by atoms with van der Waals surface area (Å²) in [5.74, 6) is 0.882. The zero-order chi connectivity index (χ0) is 21.3. The Balaban J connectivity index is 1.37. The average molecular weight is 433 g/mol. The number of para-hydroxylation sites is 1. The normalized spacial score (nSPS) is 17.3. The summed E-state index contributed by atoms with van der Waals surface area (Å²) in [6, 6.07) is 8.05. The van der Waals surface area contributed by atoms with Gasteiger partial charge in [0.2, 0.25) is 17.7 Å². The van der Waals surface area contributed by atoms with Crippen LogP contribution < -0.4 is 15.5 Å². The molecule has 0 unspecified atom stereocenters. The number of fused-ring (bicyclic) bond motifs is 1. The quantitative estimate of drug-likeness (QED) is 0.657. The van der Waals surface area contributed by atoms with Gasteiger partial charge in [0.1, 0.15) is 0 Å². The van der Waals surface area contributed by atoms with Crippen molar-refractivity contribution in [1.82, 2.24) is 15.5 Å². The van der Waals surface area contributed by atoms with Crippen molar-refractivity contribution in [3.63, 3.8) is 0 Å². The number of benzene rings is 1. The number of nitrogens with zero attached hydrogens (tertiary/aromatic N) is 2. The van der Waals surface area contributed by atoms with E-state index < -0.39 is 0 Å². The standard InChI is InChI=1S/C22H32N4O3S/c1-2-11-23-21(28)16-25-12-9-17(10-13-25)24-20(27)7-8-22(29)26-14-15-30-19-6-4-3-5-18(19)26/h3-6,17H,2,7-16H2,1H3,(H,23,28)(H,24,27). The minimum atomic E-state index is -0.0674. The monoisotopic (exact) mass is 432 g/mol. The molecule has 164 valence electrons. The second kappa shape index (κ2) is 11.4. The Labute approximate surface area is 182 Å². The third kappa shape index (κ3) is 6.47. The molecule has 0 radical (unpaired) electrons. The largest absolute Gasteiger partial charge is 0.355 e. The summed E-state index contributed by atoms with van der Waals surface area (Å²) in [5.41, 5.74) is 0.953. The van der Waals surface area contributed by atoms with Crippen molar-refractivity contribution in [2.75, 3.05) is 43.4 Å². The van der Waals surface area contributed by atoms with Gasteiger partial charge in [-0.05, 0) is 31.4 Å². The van der Waals surface area contributed by atoms with Crippen molar-refractivity contribution in [2.24, 2.45) is 0 Å². The number of likely N-dealkylation sites (tertiary alicyclic amines) is 1. The van der Waals surface area contributed by atoms with Crippen LogP contribution in [-0.4, -0.2) is 67.1 Å². The van der Waals surface area contributed by atoms with E-state index >= 15 is 0 Å². The summed E-state index contributed by atoms with van der Waals surface area (Å²) in [4.78, 5) is 41.9. The van der Waals surface area contributed by atoms with Crippen LogP contribution in [0.5, 0.6) is 0 Å². The first-order valence-electron chi connectivity index (χ1n) is 10.9. The van der Waals surface area contributed by atoms with Gasteiger partial charge in [-0.1, -0.05) is 19.1 Å². The highest BCUT2D eigenvalue weighted by Gasteiger charge is 2.25. The highest BCUT2D eigenvalue weighted by Crippen LogP contribution is 2.34. The van der Waals surface area contributed by atoms with Gasteiger partial charge < -0.3 is 15.5 Å². The molecule has 0 spiro atoms. The first-order valence-corrected chi connectivity index (χ1v) is 11.9. The molecule has 1 fully saturated rings. The third-order valence-electron chi connectivity index (χ3n) is 5.49. The number of carbonyl (C=O) groups is 3. The Morgan fingerprint density at radius 3 is 2.60 bits per heavy atom. The molecule has 1 aromatic carbocycles. The summed E-state index contributed by atoms with van der Waals surface area (Å²) in [6.07, 6.45) is 3.03. The molecule has 2 aliphatic heterocycles. The molecule has 7 nitrogen and oxygen atoms in total. The van der Waals surface area contributed by atoms with Gasteiger partial charge in [0.05, 0.1) is 12.2 Å². The molecule has 2 aliphatic rings. The SMILES string of the molecule is CCCNC(=O)CN1CCC(NC(=O)CCC(=O)N2CCSc3ccccc32)CC1. The molecule has 0 saturated carbocycles. The zero-order valence-corrected chi connectivity index (χ0v) is 18.5. The summed E-state index contributed by atoms with van der Waals surface area (Å²) >= 11 is 1.76. The smallest absolute Gasteiger partial charge is 0.234 e. The second-order valence-corrected chi connectivity index (χ2v) is 8.97. The van der Waals surface area contributed by atoms with Gasteiger partial charge in [-0.3, -0.25) is 19.3 Å². The van der Waals surface area contributed by atoms with Crippen molar-refractivity contribution < 1.29 is 14.4 Å². The van der Waals surface area contributed by atoms with E-state index in [9.17, 15) is 14.4 Å². The van der Waals surface area contributed by atoms with Crippen molar-refractivity contribution in [3.8, 4) is 0 Å². The Kier molecular flexibility index (Phi) is 8.57. The predicted octanol–water partition coefficient (Wildman–Crippen LogP) is 2.01. The van der Waals surface area contributed by atoms with Gasteiger partial charge in [-0.2, -0.15) is 0 Å².